The molecule has 0 unspecified atom stereocenters. The van der Waals surface area contributed by atoms with Gasteiger partial charge in [-0.05, 0) is 32.6 Å². The van der Waals surface area contributed by atoms with Crippen LogP contribution in [0.25, 0.3) is 0 Å². The van der Waals surface area contributed by atoms with Crippen LogP contribution in [0.15, 0.2) is 4.99 Å². The summed E-state index contributed by atoms with van der Waals surface area (Å²) in [6, 6.07) is 0. The molecule has 1 fully saturated rings. The van der Waals surface area contributed by atoms with Crippen LogP contribution in [0.4, 0.5) is 0 Å². The predicted octanol–water partition coefficient (Wildman–Crippen LogP) is 1.90. The summed E-state index contributed by atoms with van der Waals surface area (Å²) in [5, 5.41) is 0. The average molecular weight is 139 g/mol. The van der Waals surface area contributed by atoms with E-state index in [0.29, 0.717) is 5.92 Å². The van der Waals surface area contributed by atoms with E-state index in [9.17, 15) is 4.79 Å². The maximum Gasteiger partial charge on any atom is 0.235 e. The van der Waals surface area contributed by atoms with Gasteiger partial charge in [0, 0.05) is 0 Å². The summed E-state index contributed by atoms with van der Waals surface area (Å²) in [5.74, 6) is 0.619. The minimum absolute atomic E-state index is 0.153. The lowest BCUT2D eigenvalue weighted by molar-refractivity contribution is 0.200. The lowest BCUT2D eigenvalue weighted by Crippen LogP contribution is -2.33. The van der Waals surface area contributed by atoms with E-state index in [4.69, 9.17) is 0 Å². The number of aliphatic imine (C=N–C) groups is 1. The summed E-state index contributed by atoms with van der Waals surface area (Å²) in [5.41, 5.74) is -0.153. The molecule has 0 radical (unpaired) electrons. The summed E-state index contributed by atoms with van der Waals surface area (Å²) in [4.78, 5) is 13.7. The fourth-order valence-electron chi connectivity index (χ4n) is 1.32. The van der Waals surface area contributed by atoms with Crippen molar-refractivity contribution in [2.75, 3.05) is 0 Å². The normalized spacial score (nSPS) is 19.4. The summed E-state index contributed by atoms with van der Waals surface area (Å²) < 4.78 is 0. The van der Waals surface area contributed by atoms with Crippen molar-refractivity contribution in [2.45, 2.75) is 38.6 Å². The zero-order valence-electron chi connectivity index (χ0n) is 6.55. The maximum absolute atomic E-state index is 9.97. The molecular formula is C8H13NO. The third kappa shape index (κ3) is 1.27. The van der Waals surface area contributed by atoms with E-state index in [2.05, 4.69) is 4.99 Å². The highest BCUT2D eigenvalue weighted by molar-refractivity contribution is 5.34. The molecule has 0 N–H and O–H groups in total. The molecule has 1 aliphatic carbocycles. The van der Waals surface area contributed by atoms with Crippen molar-refractivity contribution in [3.8, 4) is 0 Å². The molecule has 0 aliphatic heterocycles. The minimum atomic E-state index is -0.153. The van der Waals surface area contributed by atoms with Crippen molar-refractivity contribution in [1.29, 1.82) is 0 Å². The molecule has 0 atom stereocenters. The SMILES string of the molecule is CC(C)(N=C=O)C1CCC1. The first-order chi connectivity index (χ1) is 4.67. The highest BCUT2D eigenvalue weighted by Crippen LogP contribution is 2.37. The molecule has 0 bridgehead atoms. The molecule has 1 saturated carbocycles. The van der Waals surface area contributed by atoms with Crippen LogP contribution in [-0.2, 0) is 4.79 Å². The molecule has 0 spiro atoms. The number of rotatable bonds is 2. The molecule has 0 aromatic heterocycles. The fraction of sp³-hybridized carbons (Fsp3) is 0.875. The molecule has 2 nitrogen and oxygen atoms in total. The maximum atomic E-state index is 9.97. The van der Waals surface area contributed by atoms with E-state index in [1.165, 1.54) is 19.3 Å². The molecule has 56 valence electrons. The van der Waals surface area contributed by atoms with Crippen LogP contribution in [0.1, 0.15) is 33.1 Å². The third-order valence-corrected chi connectivity index (χ3v) is 2.44. The van der Waals surface area contributed by atoms with Crippen molar-refractivity contribution in [2.24, 2.45) is 10.9 Å². The number of nitrogens with zero attached hydrogens (tertiary/aromatic N) is 1. The van der Waals surface area contributed by atoms with Crippen LogP contribution < -0.4 is 0 Å². The molecule has 0 heterocycles. The summed E-state index contributed by atoms with van der Waals surface area (Å²) in [7, 11) is 0. The molecule has 0 saturated heterocycles. The largest absolute Gasteiger partial charge is 0.235 e. The molecule has 1 aliphatic rings. The lowest BCUT2D eigenvalue weighted by Gasteiger charge is -2.36. The van der Waals surface area contributed by atoms with Gasteiger partial charge >= 0.3 is 0 Å². The van der Waals surface area contributed by atoms with Gasteiger partial charge in [0.2, 0.25) is 6.08 Å². The Balaban J connectivity index is 2.56. The quantitative estimate of drug-likeness (QED) is 0.424. The van der Waals surface area contributed by atoms with E-state index >= 15 is 0 Å². The third-order valence-electron chi connectivity index (χ3n) is 2.44. The van der Waals surface area contributed by atoms with Crippen molar-refractivity contribution < 1.29 is 4.79 Å². The van der Waals surface area contributed by atoms with Crippen LogP contribution in [0.5, 0.6) is 0 Å². The number of hydrogen-bond donors (Lipinski definition) is 0. The Kier molecular flexibility index (Phi) is 1.91. The van der Waals surface area contributed by atoms with E-state index < -0.39 is 0 Å². The molecule has 0 amide bonds. The Morgan fingerprint density at radius 2 is 2.10 bits per heavy atom. The molecule has 0 aromatic rings. The highest BCUT2D eigenvalue weighted by Gasteiger charge is 2.33. The van der Waals surface area contributed by atoms with Crippen LogP contribution >= 0.6 is 0 Å². The van der Waals surface area contributed by atoms with Crippen LogP contribution in [0.3, 0.4) is 0 Å². The van der Waals surface area contributed by atoms with Crippen molar-refractivity contribution in [3.63, 3.8) is 0 Å². The first-order valence-electron chi connectivity index (χ1n) is 3.76. The van der Waals surface area contributed by atoms with Crippen LogP contribution in [0.2, 0.25) is 0 Å². The van der Waals surface area contributed by atoms with E-state index in [1.807, 2.05) is 13.8 Å². The molecule has 10 heavy (non-hydrogen) atoms. The number of hydrogen-bond acceptors (Lipinski definition) is 2. The monoisotopic (exact) mass is 139 g/mol. The Morgan fingerprint density at radius 3 is 2.40 bits per heavy atom. The fourth-order valence-corrected chi connectivity index (χ4v) is 1.32. The van der Waals surface area contributed by atoms with Gasteiger partial charge < -0.3 is 0 Å². The molecule has 2 heteroatoms. The Hall–Kier alpha value is -0.620. The second-order valence-corrected chi connectivity index (χ2v) is 3.48. The van der Waals surface area contributed by atoms with Gasteiger partial charge in [0.15, 0.2) is 0 Å². The van der Waals surface area contributed by atoms with Gasteiger partial charge in [-0.3, -0.25) is 0 Å². The van der Waals surface area contributed by atoms with E-state index in [1.54, 1.807) is 6.08 Å². The van der Waals surface area contributed by atoms with E-state index in [-0.39, 0.29) is 5.54 Å². The standard InChI is InChI=1S/C8H13NO/c1-8(2,9-6-10)7-4-3-5-7/h7H,3-5H2,1-2H3. The first kappa shape index (κ1) is 7.49. The highest BCUT2D eigenvalue weighted by atomic mass is 16.1. The zero-order valence-corrected chi connectivity index (χ0v) is 6.55. The number of carbonyl (C=O) groups excluding carboxylic acids is 1. The molecule has 1 rings (SSSR count). The van der Waals surface area contributed by atoms with Gasteiger partial charge in [-0.2, -0.15) is 4.99 Å². The Bertz CT molecular complexity index is 164. The summed E-state index contributed by atoms with van der Waals surface area (Å²) >= 11 is 0. The van der Waals surface area contributed by atoms with E-state index in [0.717, 1.165) is 0 Å². The smallest absolute Gasteiger partial charge is 0.211 e. The van der Waals surface area contributed by atoms with Crippen molar-refractivity contribution in [1.82, 2.24) is 0 Å². The topological polar surface area (TPSA) is 29.4 Å². The lowest BCUT2D eigenvalue weighted by atomic mass is 9.73. The van der Waals surface area contributed by atoms with Gasteiger partial charge in [0.1, 0.15) is 0 Å². The Morgan fingerprint density at radius 1 is 1.50 bits per heavy atom. The van der Waals surface area contributed by atoms with Gasteiger partial charge in [-0.25, -0.2) is 4.79 Å². The summed E-state index contributed by atoms with van der Waals surface area (Å²) in [6.45, 7) is 4.00. The van der Waals surface area contributed by atoms with Crippen LogP contribution in [-0.4, -0.2) is 11.6 Å². The predicted molar refractivity (Wildman–Crippen MR) is 39.5 cm³/mol. The summed E-state index contributed by atoms with van der Waals surface area (Å²) in [6.07, 6.45) is 5.37. The zero-order chi connectivity index (χ0) is 7.61. The molecular weight excluding hydrogens is 126 g/mol. The second-order valence-electron chi connectivity index (χ2n) is 3.48. The van der Waals surface area contributed by atoms with Gasteiger partial charge in [-0.1, -0.05) is 6.42 Å². The van der Waals surface area contributed by atoms with Gasteiger partial charge in [0.25, 0.3) is 0 Å². The van der Waals surface area contributed by atoms with Crippen molar-refractivity contribution in [3.05, 3.63) is 0 Å². The van der Waals surface area contributed by atoms with Gasteiger partial charge in [0.05, 0.1) is 5.54 Å². The first-order valence-corrected chi connectivity index (χ1v) is 3.76. The van der Waals surface area contributed by atoms with Crippen LogP contribution in [0, 0.1) is 5.92 Å². The molecule has 0 aromatic carbocycles. The second kappa shape index (κ2) is 2.55. The van der Waals surface area contributed by atoms with Gasteiger partial charge in [-0.15, -0.1) is 0 Å². The minimum Gasteiger partial charge on any atom is -0.211 e. The average Bonchev–Trinajstić information content (AvgIpc) is 1.56. The van der Waals surface area contributed by atoms with Crippen molar-refractivity contribution >= 4 is 6.08 Å². The Labute approximate surface area is 61.3 Å². The number of isocyanates is 1.